The van der Waals surface area contributed by atoms with Crippen LogP contribution in [0.5, 0.6) is 6.01 Å². The molecule has 0 saturated heterocycles. The standard InChI is InChI=1S/C23H18BrFN4O2/c1-2-31-23-27-21(15-5-4-8-18(25)14-15)29(28-23)20-11-9-19(10-12-20)26-22(30)16-6-3-7-17(24)13-16/h3-14H,2H2,1H3,(H,26,30). The number of anilines is 1. The van der Waals surface area contributed by atoms with Crippen molar-refractivity contribution in [2.75, 3.05) is 11.9 Å². The number of nitrogens with one attached hydrogen (secondary N) is 1. The van der Waals surface area contributed by atoms with Crippen molar-refractivity contribution in [1.82, 2.24) is 14.8 Å². The minimum absolute atomic E-state index is 0.203. The van der Waals surface area contributed by atoms with E-state index < -0.39 is 0 Å². The SMILES string of the molecule is CCOc1nc(-c2cccc(F)c2)n(-c2ccc(NC(=O)c3cccc(Br)c3)cc2)n1. The first kappa shape index (κ1) is 20.7. The average Bonchev–Trinajstić information content (AvgIpc) is 3.18. The van der Waals surface area contributed by atoms with E-state index >= 15 is 0 Å². The van der Waals surface area contributed by atoms with Gasteiger partial charge in [-0.05, 0) is 61.5 Å². The fourth-order valence-electron chi connectivity index (χ4n) is 3.00. The Morgan fingerprint density at radius 1 is 1.10 bits per heavy atom. The number of rotatable bonds is 6. The van der Waals surface area contributed by atoms with Gasteiger partial charge in [0, 0.05) is 21.3 Å². The van der Waals surface area contributed by atoms with Gasteiger partial charge in [0.15, 0.2) is 5.82 Å². The van der Waals surface area contributed by atoms with E-state index in [2.05, 4.69) is 31.3 Å². The molecule has 0 spiro atoms. The Kier molecular flexibility index (Phi) is 6.08. The zero-order valence-corrected chi connectivity index (χ0v) is 18.1. The van der Waals surface area contributed by atoms with E-state index in [1.54, 1.807) is 59.3 Å². The summed E-state index contributed by atoms with van der Waals surface area (Å²) >= 11 is 3.37. The van der Waals surface area contributed by atoms with Crippen LogP contribution in [0.2, 0.25) is 0 Å². The lowest BCUT2D eigenvalue weighted by atomic mass is 10.2. The summed E-state index contributed by atoms with van der Waals surface area (Å²) in [5, 5.41) is 7.26. The molecule has 1 heterocycles. The summed E-state index contributed by atoms with van der Waals surface area (Å²) in [7, 11) is 0. The first-order valence-electron chi connectivity index (χ1n) is 9.56. The summed E-state index contributed by atoms with van der Waals surface area (Å²) < 4.78 is 21.6. The quantitative estimate of drug-likeness (QED) is 0.396. The number of amides is 1. The van der Waals surface area contributed by atoms with Gasteiger partial charge in [-0.15, -0.1) is 5.10 Å². The molecule has 1 N–H and O–H groups in total. The molecule has 0 aliphatic carbocycles. The highest BCUT2D eigenvalue weighted by atomic mass is 79.9. The van der Waals surface area contributed by atoms with Gasteiger partial charge in [0.25, 0.3) is 5.91 Å². The molecule has 0 saturated carbocycles. The summed E-state index contributed by atoms with van der Waals surface area (Å²) in [5.74, 6) is -0.127. The van der Waals surface area contributed by atoms with E-state index in [0.29, 0.717) is 34.9 Å². The van der Waals surface area contributed by atoms with Gasteiger partial charge in [0.1, 0.15) is 5.82 Å². The Hall–Kier alpha value is -3.52. The van der Waals surface area contributed by atoms with Crippen LogP contribution >= 0.6 is 15.9 Å². The molecule has 31 heavy (non-hydrogen) atoms. The second-order valence-corrected chi connectivity index (χ2v) is 7.50. The Balaban J connectivity index is 1.62. The lowest BCUT2D eigenvalue weighted by Crippen LogP contribution is -2.11. The maximum Gasteiger partial charge on any atom is 0.336 e. The normalized spacial score (nSPS) is 10.7. The van der Waals surface area contributed by atoms with Crippen LogP contribution in [0.4, 0.5) is 10.1 Å². The molecule has 0 radical (unpaired) electrons. The van der Waals surface area contributed by atoms with E-state index in [1.807, 2.05) is 13.0 Å². The van der Waals surface area contributed by atoms with Gasteiger partial charge >= 0.3 is 6.01 Å². The molecule has 0 unspecified atom stereocenters. The molecule has 0 aliphatic rings. The van der Waals surface area contributed by atoms with Crippen LogP contribution in [0.25, 0.3) is 17.1 Å². The number of carbonyl (C=O) groups excluding carboxylic acids is 1. The summed E-state index contributed by atoms with van der Waals surface area (Å²) in [5.41, 5.74) is 2.44. The van der Waals surface area contributed by atoms with Gasteiger partial charge < -0.3 is 10.1 Å². The smallest absolute Gasteiger partial charge is 0.336 e. The molecular formula is C23H18BrFN4O2. The van der Waals surface area contributed by atoms with Gasteiger partial charge in [-0.2, -0.15) is 4.98 Å². The number of aromatic nitrogens is 3. The van der Waals surface area contributed by atoms with E-state index in [4.69, 9.17) is 4.74 Å². The second kappa shape index (κ2) is 9.09. The molecule has 0 aliphatic heterocycles. The van der Waals surface area contributed by atoms with Gasteiger partial charge in [-0.3, -0.25) is 4.79 Å². The fraction of sp³-hybridized carbons (Fsp3) is 0.0870. The Bertz CT molecular complexity index is 1220. The topological polar surface area (TPSA) is 69.0 Å². The van der Waals surface area contributed by atoms with E-state index in [0.717, 1.165) is 4.47 Å². The molecule has 1 aromatic heterocycles. The molecule has 0 bridgehead atoms. The third kappa shape index (κ3) is 4.80. The van der Waals surface area contributed by atoms with Crippen LogP contribution in [-0.2, 0) is 0 Å². The highest BCUT2D eigenvalue weighted by Gasteiger charge is 2.15. The van der Waals surface area contributed by atoms with Gasteiger partial charge in [0.05, 0.1) is 12.3 Å². The van der Waals surface area contributed by atoms with Crippen molar-refractivity contribution in [2.45, 2.75) is 6.92 Å². The molecule has 0 fully saturated rings. The van der Waals surface area contributed by atoms with Crippen molar-refractivity contribution >= 4 is 27.5 Å². The third-order valence-electron chi connectivity index (χ3n) is 4.40. The van der Waals surface area contributed by atoms with Crippen LogP contribution in [0.3, 0.4) is 0 Å². The third-order valence-corrected chi connectivity index (χ3v) is 4.89. The Morgan fingerprint density at radius 2 is 1.87 bits per heavy atom. The molecule has 0 atom stereocenters. The van der Waals surface area contributed by atoms with Crippen LogP contribution in [0.1, 0.15) is 17.3 Å². The summed E-state index contributed by atoms with van der Waals surface area (Å²) in [6.07, 6.45) is 0. The minimum atomic E-state index is -0.365. The first-order valence-corrected chi connectivity index (χ1v) is 10.4. The number of hydrogen-bond donors (Lipinski definition) is 1. The van der Waals surface area contributed by atoms with E-state index in [-0.39, 0.29) is 17.7 Å². The molecule has 6 nitrogen and oxygen atoms in total. The molecule has 4 aromatic rings. The Labute approximate surface area is 186 Å². The highest BCUT2D eigenvalue weighted by Crippen LogP contribution is 2.25. The number of carbonyl (C=O) groups is 1. The lowest BCUT2D eigenvalue weighted by Gasteiger charge is -2.09. The van der Waals surface area contributed by atoms with Gasteiger partial charge in [-0.25, -0.2) is 9.07 Å². The molecule has 8 heteroatoms. The maximum atomic E-state index is 13.7. The summed E-state index contributed by atoms with van der Waals surface area (Å²) in [4.78, 5) is 16.9. The molecule has 4 rings (SSSR count). The molecule has 3 aromatic carbocycles. The number of hydrogen-bond acceptors (Lipinski definition) is 4. The first-order chi connectivity index (χ1) is 15.0. The average molecular weight is 481 g/mol. The van der Waals surface area contributed by atoms with E-state index in [1.165, 1.54) is 12.1 Å². The van der Waals surface area contributed by atoms with Crippen molar-refractivity contribution in [3.05, 3.63) is 88.6 Å². The Morgan fingerprint density at radius 3 is 2.58 bits per heavy atom. The zero-order chi connectivity index (χ0) is 21.8. The van der Waals surface area contributed by atoms with Crippen LogP contribution in [-0.4, -0.2) is 27.3 Å². The largest absolute Gasteiger partial charge is 0.463 e. The van der Waals surface area contributed by atoms with Crippen LogP contribution in [0.15, 0.2) is 77.3 Å². The summed E-state index contributed by atoms with van der Waals surface area (Å²) in [6.45, 7) is 2.25. The number of nitrogens with zero attached hydrogens (tertiary/aromatic N) is 3. The van der Waals surface area contributed by atoms with Crippen molar-refractivity contribution in [3.63, 3.8) is 0 Å². The number of ether oxygens (including phenoxy) is 1. The monoisotopic (exact) mass is 480 g/mol. The van der Waals surface area contributed by atoms with Crippen molar-refractivity contribution in [3.8, 4) is 23.1 Å². The lowest BCUT2D eigenvalue weighted by molar-refractivity contribution is 0.102. The number of benzene rings is 3. The molecule has 1 amide bonds. The fourth-order valence-corrected chi connectivity index (χ4v) is 3.40. The maximum absolute atomic E-state index is 13.7. The predicted octanol–water partition coefficient (Wildman–Crippen LogP) is 5.49. The minimum Gasteiger partial charge on any atom is -0.463 e. The van der Waals surface area contributed by atoms with Crippen LogP contribution < -0.4 is 10.1 Å². The van der Waals surface area contributed by atoms with Crippen LogP contribution in [0, 0.1) is 5.82 Å². The van der Waals surface area contributed by atoms with Gasteiger partial charge in [-0.1, -0.05) is 34.1 Å². The summed E-state index contributed by atoms with van der Waals surface area (Å²) in [6, 6.07) is 20.6. The predicted molar refractivity (Wildman–Crippen MR) is 120 cm³/mol. The second-order valence-electron chi connectivity index (χ2n) is 6.58. The van der Waals surface area contributed by atoms with Crippen molar-refractivity contribution in [1.29, 1.82) is 0 Å². The van der Waals surface area contributed by atoms with E-state index in [9.17, 15) is 9.18 Å². The molecule has 156 valence electrons. The van der Waals surface area contributed by atoms with Gasteiger partial charge in [0.2, 0.25) is 0 Å². The van der Waals surface area contributed by atoms with Crippen molar-refractivity contribution < 1.29 is 13.9 Å². The number of halogens is 2. The highest BCUT2D eigenvalue weighted by molar-refractivity contribution is 9.10. The van der Waals surface area contributed by atoms with Crippen molar-refractivity contribution in [2.24, 2.45) is 0 Å². The molecular weight excluding hydrogens is 463 g/mol. The zero-order valence-electron chi connectivity index (χ0n) is 16.5.